The highest BCUT2D eigenvalue weighted by atomic mass is 31.3. The van der Waals surface area contributed by atoms with Gasteiger partial charge in [0.05, 0.1) is 23.6 Å². The Hall–Kier alpha value is -3.01. The first-order valence-corrected chi connectivity index (χ1v) is 16.9. The summed E-state index contributed by atoms with van der Waals surface area (Å²) >= 11 is 0. The Morgan fingerprint density at radius 2 is 1.77 bits per heavy atom. The summed E-state index contributed by atoms with van der Waals surface area (Å²) in [4.78, 5) is 45.0. The molecule has 1 fully saturated rings. The van der Waals surface area contributed by atoms with Crippen LogP contribution in [0.5, 0.6) is 0 Å². The highest BCUT2D eigenvalue weighted by molar-refractivity contribution is 7.66. The number of rotatable bonds is 9. The molecule has 43 heavy (non-hydrogen) atoms. The van der Waals surface area contributed by atoms with Gasteiger partial charge in [-0.2, -0.15) is 8.62 Å². The van der Waals surface area contributed by atoms with Gasteiger partial charge in [-0.05, 0) is 30.3 Å². The lowest BCUT2D eigenvalue weighted by atomic mass is 10.1. The van der Waals surface area contributed by atoms with Crippen molar-refractivity contribution in [1.82, 2.24) is 14.5 Å². The van der Waals surface area contributed by atoms with Gasteiger partial charge in [-0.15, -0.1) is 0 Å². The third kappa shape index (κ3) is 6.17. The molecule has 228 valence electrons. The van der Waals surface area contributed by atoms with Gasteiger partial charge in [0.25, 0.3) is 0 Å². The maximum absolute atomic E-state index is 12.1. The van der Waals surface area contributed by atoms with Crippen LogP contribution >= 0.6 is 23.5 Å². The first-order valence-electron chi connectivity index (χ1n) is 12.3. The Kier molecular flexibility index (Phi) is 7.58. The monoisotopic (exact) mass is 656 g/mol. The maximum atomic E-state index is 12.1. The van der Waals surface area contributed by atoms with Gasteiger partial charge in [0.1, 0.15) is 41.5 Å². The lowest BCUT2D eigenvalue weighted by Crippen LogP contribution is -2.26. The van der Waals surface area contributed by atoms with E-state index in [0.717, 1.165) is 16.5 Å². The van der Waals surface area contributed by atoms with Crippen molar-refractivity contribution in [2.75, 3.05) is 12.3 Å². The summed E-state index contributed by atoms with van der Waals surface area (Å²) in [5.74, 6) is 0.816. The number of phosphoric ester groups is 1. The molecular formula is C23H23N4O13P3. The van der Waals surface area contributed by atoms with Gasteiger partial charge < -0.3 is 39.6 Å². The quantitative estimate of drug-likeness (QED) is 0.124. The molecule has 5 aromatic rings. The van der Waals surface area contributed by atoms with Gasteiger partial charge in [-0.1, -0.05) is 18.2 Å². The smallest absolute Gasteiger partial charge is 0.456 e. The van der Waals surface area contributed by atoms with Crippen molar-refractivity contribution in [3.05, 3.63) is 54.9 Å². The Labute approximate surface area is 240 Å². The second-order valence-electron chi connectivity index (χ2n) is 9.53. The number of nitrogens with zero attached hydrogens (tertiary/aromatic N) is 3. The number of hydrogen-bond donors (Lipinski definition) is 6. The molecule has 1 aliphatic heterocycles. The summed E-state index contributed by atoms with van der Waals surface area (Å²) in [6.07, 6.45) is -2.13. The number of nitrogen functional groups attached to an aromatic ring is 1. The maximum Gasteiger partial charge on any atom is 0.490 e. The molecule has 1 saturated heterocycles. The molecule has 5 atom stereocenters. The van der Waals surface area contributed by atoms with Crippen LogP contribution in [0.15, 0.2) is 59.3 Å². The molecule has 2 aromatic carbocycles. The highest BCUT2D eigenvalue weighted by Crippen LogP contribution is 2.66. The lowest BCUT2D eigenvalue weighted by molar-refractivity contribution is -0.0409. The van der Waals surface area contributed by atoms with Gasteiger partial charge >= 0.3 is 23.5 Å². The number of ether oxygens (including phenoxy) is 1. The molecule has 3 aromatic heterocycles. The number of aromatic nitrogens is 3. The average Bonchev–Trinajstić information content (AvgIpc) is 3.58. The predicted octanol–water partition coefficient (Wildman–Crippen LogP) is 3.57. The number of hydrogen-bond acceptors (Lipinski definition) is 12. The Morgan fingerprint density at radius 3 is 2.51 bits per heavy atom. The molecule has 17 nitrogen and oxygen atoms in total. The molecule has 20 heteroatoms. The summed E-state index contributed by atoms with van der Waals surface area (Å²) in [6, 6.07) is 15.0. The SMILES string of the molecule is Nc1ncnc2c1c1cc(-c3cc4ccccc4o3)ccc1n2[C@H]1C[C@H](O)[C@@H](COP(=O)(O)OP(=O)(O)OP(=O)(O)O)O1. The molecule has 6 rings (SSSR count). The molecule has 0 bridgehead atoms. The number of furan rings is 1. The van der Waals surface area contributed by atoms with Gasteiger partial charge in [-0.25, -0.2) is 23.7 Å². The number of fused-ring (bicyclic) bond motifs is 4. The van der Waals surface area contributed by atoms with Crippen LogP contribution in [0.4, 0.5) is 5.82 Å². The van der Waals surface area contributed by atoms with E-state index in [1.807, 2.05) is 42.5 Å². The predicted molar refractivity (Wildman–Crippen MR) is 149 cm³/mol. The zero-order valence-corrected chi connectivity index (χ0v) is 24.3. The second-order valence-corrected chi connectivity index (χ2v) is 13.9. The number of phosphoric acid groups is 3. The fraction of sp³-hybridized carbons (Fsp3) is 0.217. The first-order chi connectivity index (χ1) is 20.2. The molecule has 0 radical (unpaired) electrons. The number of nitrogens with two attached hydrogens (primary N) is 1. The van der Waals surface area contributed by atoms with E-state index in [1.165, 1.54) is 6.33 Å². The molecule has 0 spiro atoms. The normalized spacial score (nSPS) is 22.3. The molecule has 1 aliphatic rings. The fourth-order valence-electron chi connectivity index (χ4n) is 4.95. The molecule has 4 heterocycles. The zero-order chi connectivity index (χ0) is 30.7. The summed E-state index contributed by atoms with van der Waals surface area (Å²) in [5.41, 5.74) is 8.73. The van der Waals surface area contributed by atoms with E-state index in [9.17, 15) is 28.6 Å². The summed E-state index contributed by atoms with van der Waals surface area (Å²) in [5, 5.41) is 12.8. The van der Waals surface area contributed by atoms with E-state index in [1.54, 1.807) is 10.6 Å². The third-order valence-corrected chi connectivity index (χ3v) is 10.4. The van der Waals surface area contributed by atoms with Gasteiger partial charge in [0, 0.05) is 22.8 Å². The second kappa shape index (κ2) is 10.9. The molecule has 7 N–H and O–H groups in total. The zero-order valence-electron chi connectivity index (χ0n) is 21.6. The van der Waals surface area contributed by atoms with Crippen LogP contribution in [-0.2, 0) is 31.6 Å². The van der Waals surface area contributed by atoms with Gasteiger partial charge in [0.15, 0.2) is 0 Å². The van der Waals surface area contributed by atoms with Crippen molar-refractivity contribution >= 4 is 62.2 Å². The van der Waals surface area contributed by atoms with E-state index in [0.29, 0.717) is 27.7 Å². The average molecular weight is 656 g/mol. The van der Waals surface area contributed by atoms with Crippen molar-refractivity contribution in [3.8, 4) is 11.3 Å². The van der Waals surface area contributed by atoms with Crippen molar-refractivity contribution in [3.63, 3.8) is 0 Å². The summed E-state index contributed by atoms with van der Waals surface area (Å²) in [7, 11) is -16.7. The van der Waals surface area contributed by atoms with Crippen LogP contribution in [0.2, 0.25) is 0 Å². The number of benzene rings is 2. The van der Waals surface area contributed by atoms with E-state index >= 15 is 0 Å². The lowest BCUT2D eigenvalue weighted by Gasteiger charge is -2.19. The van der Waals surface area contributed by atoms with E-state index in [4.69, 9.17) is 24.7 Å². The minimum absolute atomic E-state index is 0.0292. The standard InChI is InChI=1S/C23H23N4O13P3/c24-22-21-14-7-13(18-8-12-3-1-2-4-17(12)37-18)5-6-15(14)27(23(21)26-11-25-22)20-9-16(28)19(38-20)10-36-42(32,33)40-43(34,35)39-41(29,30)31/h1-8,11,16,19-20,28H,9-10H2,(H,32,33)(H,34,35)(H2,24,25,26)(H2,29,30,31)/t16-,19+,20+/m0/s1. The van der Waals surface area contributed by atoms with Crippen LogP contribution in [0, 0.1) is 0 Å². The largest absolute Gasteiger partial charge is 0.490 e. The van der Waals surface area contributed by atoms with Crippen molar-refractivity contribution in [1.29, 1.82) is 0 Å². The Bertz CT molecular complexity index is 1970. The van der Waals surface area contributed by atoms with E-state index in [-0.39, 0.29) is 12.2 Å². The Balaban J connectivity index is 1.28. The molecule has 0 amide bonds. The minimum atomic E-state index is -5.70. The van der Waals surface area contributed by atoms with Gasteiger partial charge in [0.2, 0.25) is 0 Å². The topological polar surface area (TPSA) is 259 Å². The third-order valence-electron chi connectivity index (χ3n) is 6.63. The van der Waals surface area contributed by atoms with E-state index in [2.05, 4.69) is 23.1 Å². The Morgan fingerprint density at radius 1 is 1.00 bits per heavy atom. The number of aliphatic hydroxyl groups excluding tert-OH is 1. The van der Waals surface area contributed by atoms with Crippen LogP contribution < -0.4 is 5.73 Å². The van der Waals surface area contributed by atoms with Crippen LogP contribution in [0.3, 0.4) is 0 Å². The number of anilines is 1. The molecule has 2 unspecified atom stereocenters. The van der Waals surface area contributed by atoms with Crippen LogP contribution in [-0.4, -0.2) is 58.0 Å². The van der Waals surface area contributed by atoms with Crippen molar-refractivity contribution in [2.24, 2.45) is 0 Å². The number of para-hydroxylation sites is 1. The minimum Gasteiger partial charge on any atom is -0.456 e. The van der Waals surface area contributed by atoms with Gasteiger partial charge in [-0.3, -0.25) is 9.09 Å². The molecule has 0 aliphatic carbocycles. The molecular weight excluding hydrogens is 633 g/mol. The van der Waals surface area contributed by atoms with Crippen molar-refractivity contribution in [2.45, 2.75) is 24.9 Å². The first kappa shape index (κ1) is 30.0. The molecule has 0 saturated carbocycles. The van der Waals surface area contributed by atoms with Crippen LogP contribution in [0.1, 0.15) is 12.6 Å². The fourth-order valence-corrected chi connectivity index (χ4v) is 7.98. The summed E-state index contributed by atoms with van der Waals surface area (Å²) < 4.78 is 60.3. The van der Waals surface area contributed by atoms with Crippen LogP contribution in [0.25, 0.3) is 44.2 Å². The summed E-state index contributed by atoms with van der Waals surface area (Å²) in [6.45, 7) is -0.814. The highest BCUT2D eigenvalue weighted by Gasteiger charge is 2.43. The van der Waals surface area contributed by atoms with E-state index < -0.39 is 48.5 Å². The number of aliphatic hydroxyl groups is 1. The van der Waals surface area contributed by atoms with Crippen molar-refractivity contribution < 1.29 is 60.7 Å².